The molecule has 1 aliphatic rings. The molecule has 24 heavy (non-hydrogen) atoms. The lowest BCUT2D eigenvalue weighted by molar-refractivity contribution is -0.134. The molecule has 1 aromatic carbocycles. The zero-order valence-corrected chi connectivity index (χ0v) is 14.5. The third kappa shape index (κ3) is 3.68. The van der Waals surface area contributed by atoms with E-state index in [2.05, 4.69) is 0 Å². The third-order valence-electron chi connectivity index (χ3n) is 4.92. The molecule has 3 nitrogen and oxygen atoms in total. The molecule has 5 heteroatoms. The second-order valence-corrected chi connectivity index (χ2v) is 7.22. The Balaban J connectivity index is 1.57. The lowest BCUT2D eigenvalue weighted by Gasteiger charge is -2.35. The normalized spacial score (nSPS) is 18.4. The summed E-state index contributed by atoms with van der Waals surface area (Å²) in [5.41, 5.74) is 1.81. The van der Waals surface area contributed by atoms with Crippen molar-refractivity contribution in [2.45, 2.75) is 31.8 Å². The number of carbonyl (C=O) groups is 1. The third-order valence-corrected chi connectivity index (χ3v) is 5.62. The number of nitrogens with zero attached hydrogens (tertiary/aromatic N) is 1. The summed E-state index contributed by atoms with van der Waals surface area (Å²) in [6.45, 7) is 3.27. The molecule has 1 amide bonds. The van der Waals surface area contributed by atoms with E-state index in [1.165, 1.54) is 12.1 Å². The summed E-state index contributed by atoms with van der Waals surface area (Å²) in [5, 5.41) is 14.5. The van der Waals surface area contributed by atoms with Crippen LogP contribution >= 0.6 is 11.3 Å². The van der Waals surface area contributed by atoms with Crippen LogP contribution in [-0.2, 0) is 4.79 Å². The van der Waals surface area contributed by atoms with Gasteiger partial charge in [0, 0.05) is 13.1 Å². The van der Waals surface area contributed by atoms with Gasteiger partial charge in [-0.3, -0.25) is 4.79 Å². The van der Waals surface area contributed by atoms with Crippen LogP contribution in [-0.4, -0.2) is 29.0 Å². The zero-order valence-electron chi connectivity index (χ0n) is 13.7. The Labute approximate surface area is 145 Å². The summed E-state index contributed by atoms with van der Waals surface area (Å²) in [7, 11) is 0. The molecule has 2 aromatic rings. The molecule has 2 atom stereocenters. The smallest absolute Gasteiger partial charge is 0.229 e. The zero-order chi connectivity index (χ0) is 17.1. The minimum atomic E-state index is -0.600. The fourth-order valence-electron chi connectivity index (χ4n) is 3.31. The van der Waals surface area contributed by atoms with Crippen LogP contribution in [0.2, 0.25) is 0 Å². The average molecular weight is 347 g/mol. The highest BCUT2D eigenvalue weighted by Crippen LogP contribution is 2.32. The van der Waals surface area contributed by atoms with Crippen molar-refractivity contribution in [3.05, 3.63) is 58.0 Å². The van der Waals surface area contributed by atoms with E-state index in [1.54, 1.807) is 23.5 Å². The second kappa shape index (κ2) is 7.45. The SMILES string of the molecule is CC(C(=O)N1CCC(C(O)c2ccc(F)cc2)CC1)c1ccsc1. The molecule has 0 spiro atoms. The number of aliphatic hydroxyl groups excluding tert-OH is 1. The van der Waals surface area contributed by atoms with Gasteiger partial charge in [0.2, 0.25) is 5.91 Å². The van der Waals surface area contributed by atoms with Crippen molar-refractivity contribution in [1.29, 1.82) is 0 Å². The van der Waals surface area contributed by atoms with E-state index in [-0.39, 0.29) is 23.6 Å². The minimum absolute atomic E-state index is 0.107. The van der Waals surface area contributed by atoms with Crippen molar-refractivity contribution in [2.75, 3.05) is 13.1 Å². The van der Waals surface area contributed by atoms with E-state index < -0.39 is 6.10 Å². The van der Waals surface area contributed by atoms with Crippen molar-refractivity contribution in [1.82, 2.24) is 4.90 Å². The molecule has 2 unspecified atom stereocenters. The number of thiophene rings is 1. The summed E-state index contributed by atoms with van der Waals surface area (Å²) >= 11 is 1.60. The van der Waals surface area contributed by atoms with Crippen LogP contribution in [0.15, 0.2) is 41.1 Å². The van der Waals surface area contributed by atoms with Crippen molar-refractivity contribution >= 4 is 17.2 Å². The number of hydrogen-bond acceptors (Lipinski definition) is 3. The predicted molar refractivity (Wildman–Crippen MR) is 93.4 cm³/mol. The van der Waals surface area contributed by atoms with Crippen LogP contribution in [0.1, 0.15) is 42.9 Å². The number of piperidine rings is 1. The van der Waals surface area contributed by atoms with Gasteiger partial charge in [0.1, 0.15) is 5.82 Å². The van der Waals surface area contributed by atoms with Gasteiger partial charge in [0.25, 0.3) is 0 Å². The molecule has 2 heterocycles. The van der Waals surface area contributed by atoms with Crippen molar-refractivity contribution in [2.24, 2.45) is 5.92 Å². The van der Waals surface area contributed by atoms with Gasteiger partial charge in [-0.2, -0.15) is 11.3 Å². The summed E-state index contributed by atoms with van der Waals surface area (Å²) < 4.78 is 13.0. The number of hydrogen-bond donors (Lipinski definition) is 1. The van der Waals surface area contributed by atoms with Gasteiger partial charge in [-0.15, -0.1) is 0 Å². The Kier molecular flexibility index (Phi) is 5.31. The van der Waals surface area contributed by atoms with E-state index >= 15 is 0 Å². The van der Waals surface area contributed by atoms with Crippen molar-refractivity contribution in [3.63, 3.8) is 0 Å². The summed E-state index contributed by atoms with van der Waals surface area (Å²) in [6, 6.07) is 8.02. The van der Waals surface area contributed by atoms with Gasteiger partial charge in [-0.05, 0) is 65.8 Å². The molecule has 0 aliphatic carbocycles. The maximum atomic E-state index is 13.0. The largest absolute Gasteiger partial charge is 0.388 e. The highest BCUT2D eigenvalue weighted by Gasteiger charge is 2.30. The molecule has 1 saturated heterocycles. The fourth-order valence-corrected chi connectivity index (χ4v) is 4.06. The molecular weight excluding hydrogens is 325 g/mol. The monoisotopic (exact) mass is 347 g/mol. The topological polar surface area (TPSA) is 40.5 Å². The fraction of sp³-hybridized carbons (Fsp3) is 0.421. The molecule has 1 aliphatic heterocycles. The second-order valence-electron chi connectivity index (χ2n) is 6.44. The van der Waals surface area contributed by atoms with Crippen molar-refractivity contribution in [3.8, 4) is 0 Å². The van der Waals surface area contributed by atoms with Gasteiger partial charge >= 0.3 is 0 Å². The molecule has 1 fully saturated rings. The van der Waals surface area contributed by atoms with Gasteiger partial charge in [-0.25, -0.2) is 4.39 Å². The maximum Gasteiger partial charge on any atom is 0.229 e. The van der Waals surface area contributed by atoms with Gasteiger partial charge < -0.3 is 10.0 Å². The number of halogens is 1. The van der Waals surface area contributed by atoms with Gasteiger partial charge in [0.05, 0.1) is 12.0 Å². The Morgan fingerprint density at radius 1 is 1.21 bits per heavy atom. The standard InChI is InChI=1S/C19H22FNO2S/c1-13(16-8-11-24-12-16)19(23)21-9-6-15(7-10-21)18(22)14-2-4-17(20)5-3-14/h2-5,8,11-13,15,18,22H,6-7,9-10H2,1H3. The quantitative estimate of drug-likeness (QED) is 0.909. The van der Waals surface area contributed by atoms with E-state index in [0.29, 0.717) is 13.1 Å². The molecule has 128 valence electrons. The molecule has 0 bridgehead atoms. The number of amides is 1. The van der Waals surface area contributed by atoms with E-state index in [9.17, 15) is 14.3 Å². The summed E-state index contributed by atoms with van der Waals surface area (Å²) in [4.78, 5) is 14.5. The number of benzene rings is 1. The summed E-state index contributed by atoms with van der Waals surface area (Å²) in [6.07, 6.45) is 0.929. The molecule has 0 radical (unpaired) electrons. The van der Waals surface area contributed by atoms with Crippen LogP contribution < -0.4 is 0 Å². The minimum Gasteiger partial charge on any atom is -0.388 e. The molecule has 0 saturated carbocycles. The molecule has 3 rings (SSSR count). The first-order valence-electron chi connectivity index (χ1n) is 8.30. The van der Waals surface area contributed by atoms with E-state index in [4.69, 9.17) is 0 Å². The van der Waals surface area contributed by atoms with Gasteiger partial charge in [-0.1, -0.05) is 12.1 Å². The van der Waals surface area contributed by atoms with Crippen LogP contribution in [0.25, 0.3) is 0 Å². The summed E-state index contributed by atoms with van der Waals surface area (Å²) in [5.74, 6) is -0.150. The highest BCUT2D eigenvalue weighted by molar-refractivity contribution is 7.08. The molecule has 1 N–H and O–H groups in total. The van der Waals surface area contributed by atoms with E-state index in [0.717, 1.165) is 24.0 Å². The average Bonchev–Trinajstić information content (AvgIpc) is 3.15. The predicted octanol–water partition coefficient (Wildman–Crippen LogP) is 3.96. The Morgan fingerprint density at radius 3 is 2.46 bits per heavy atom. The van der Waals surface area contributed by atoms with Crippen molar-refractivity contribution < 1.29 is 14.3 Å². The van der Waals surface area contributed by atoms with Crippen LogP contribution in [0.4, 0.5) is 4.39 Å². The molecule has 1 aromatic heterocycles. The first-order valence-corrected chi connectivity index (χ1v) is 9.25. The molecular formula is C19H22FNO2S. The number of carbonyl (C=O) groups excluding carboxylic acids is 1. The highest BCUT2D eigenvalue weighted by atomic mass is 32.1. The van der Waals surface area contributed by atoms with E-state index in [1.807, 2.05) is 28.7 Å². The Bertz CT molecular complexity index is 663. The Morgan fingerprint density at radius 2 is 1.88 bits per heavy atom. The number of aliphatic hydroxyl groups is 1. The lowest BCUT2D eigenvalue weighted by atomic mass is 9.87. The maximum absolute atomic E-state index is 13.0. The lowest BCUT2D eigenvalue weighted by Crippen LogP contribution is -2.41. The van der Waals surface area contributed by atoms with Crippen LogP contribution in [0.3, 0.4) is 0 Å². The first kappa shape index (κ1) is 17.1. The van der Waals surface area contributed by atoms with Crippen LogP contribution in [0.5, 0.6) is 0 Å². The Hall–Kier alpha value is -1.72. The van der Waals surface area contributed by atoms with Gasteiger partial charge in [0.15, 0.2) is 0 Å². The number of likely N-dealkylation sites (tertiary alicyclic amines) is 1. The first-order chi connectivity index (χ1) is 11.6. The van der Waals surface area contributed by atoms with Crippen LogP contribution in [0, 0.1) is 11.7 Å². The number of rotatable bonds is 4.